The van der Waals surface area contributed by atoms with Crippen molar-refractivity contribution < 1.29 is 69.6 Å². The Balaban J connectivity index is 1.63. The molecule has 3 heterocycles. The summed E-state index contributed by atoms with van der Waals surface area (Å²) in [6.07, 6.45) is -20.8. The summed E-state index contributed by atoms with van der Waals surface area (Å²) in [5.74, 6) is 0. The van der Waals surface area contributed by atoms with Crippen molar-refractivity contribution in [3.05, 3.63) is 0 Å². The van der Waals surface area contributed by atoms with Crippen LogP contribution in [0.3, 0.4) is 0 Å². The van der Waals surface area contributed by atoms with Crippen molar-refractivity contribution in [1.82, 2.24) is 0 Å². The molecule has 14 atom stereocenters. The second-order valence-electron chi connectivity index (χ2n) is 7.87. The summed E-state index contributed by atoms with van der Waals surface area (Å²) in [5, 5.41) is 89.0. The number of aliphatic hydroxyl groups is 9. The van der Waals surface area contributed by atoms with E-state index in [-0.39, 0.29) is 6.61 Å². The number of aliphatic hydroxyl groups excluding tert-OH is 9. The fraction of sp³-hybridized carbons (Fsp3) is 1.00. The van der Waals surface area contributed by atoms with Gasteiger partial charge in [-0.2, -0.15) is 0 Å². The van der Waals surface area contributed by atoms with Crippen LogP contribution >= 0.6 is 0 Å². The van der Waals surface area contributed by atoms with Crippen LogP contribution in [0.15, 0.2) is 0 Å². The summed E-state index contributed by atoms with van der Waals surface area (Å²) < 4.78 is 26.5. The maximum atomic E-state index is 10.5. The Hall–Kier alpha value is -0.560. The summed E-state index contributed by atoms with van der Waals surface area (Å²) in [5.41, 5.74) is 0. The molecule has 0 saturated carbocycles. The van der Waals surface area contributed by atoms with E-state index in [0.29, 0.717) is 0 Å². The maximum Gasteiger partial charge on any atom is 0.187 e. The Labute approximate surface area is 176 Å². The lowest BCUT2D eigenvalue weighted by molar-refractivity contribution is -0.367. The van der Waals surface area contributed by atoms with Crippen molar-refractivity contribution in [2.45, 2.75) is 92.9 Å². The van der Waals surface area contributed by atoms with E-state index in [4.69, 9.17) is 23.7 Å². The molecule has 3 aliphatic heterocycles. The van der Waals surface area contributed by atoms with Gasteiger partial charge in [0, 0.05) is 0 Å². The number of rotatable bonds is 5. The maximum absolute atomic E-state index is 10.5. The van der Waals surface area contributed by atoms with Gasteiger partial charge in [-0.05, 0) is 6.92 Å². The molecule has 0 bridgehead atoms. The molecule has 14 nitrogen and oxygen atoms in total. The van der Waals surface area contributed by atoms with Crippen molar-refractivity contribution in [3.63, 3.8) is 0 Å². The van der Waals surface area contributed by atoms with Crippen LogP contribution in [0, 0.1) is 0 Å². The van der Waals surface area contributed by atoms with E-state index >= 15 is 0 Å². The van der Waals surface area contributed by atoms with E-state index < -0.39 is 92.6 Å². The molecule has 14 heteroatoms. The molecule has 9 N–H and O–H groups in total. The van der Waals surface area contributed by atoms with E-state index in [1.54, 1.807) is 0 Å². The smallest absolute Gasteiger partial charge is 0.187 e. The minimum Gasteiger partial charge on any atom is -0.394 e. The van der Waals surface area contributed by atoms with Gasteiger partial charge in [-0.1, -0.05) is 0 Å². The van der Waals surface area contributed by atoms with Gasteiger partial charge in [-0.25, -0.2) is 0 Å². The summed E-state index contributed by atoms with van der Waals surface area (Å²) in [4.78, 5) is 0. The SMILES string of the molecule is C[C@@H]1O[C@@H](O[C@@H]2CO[C@@H](O)[C@@H](O)[C@@H]2O)[C@H](O)[C@H](O)[C@H]1O[C@@H]1O[C@H](CO)[C@H](O)[C@H](O)[C@H]1O. The van der Waals surface area contributed by atoms with Crippen LogP contribution in [0.5, 0.6) is 0 Å². The van der Waals surface area contributed by atoms with E-state index in [1.165, 1.54) is 6.92 Å². The van der Waals surface area contributed by atoms with Gasteiger partial charge in [-0.15, -0.1) is 0 Å². The van der Waals surface area contributed by atoms with Gasteiger partial charge in [0.2, 0.25) is 0 Å². The third-order valence-electron chi connectivity index (χ3n) is 5.68. The van der Waals surface area contributed by atoms with Crippen molar-refractivity contribution in [2.24, 2.45) is 0 Å². The van der Waals surface area contributed by atoms with Crippen molar-refractivity contribution in [1.29, 1.82) is 0 Å². The van der Waals surface area contributed by atoms with E-state index in [0.717, 1.165) is 0 Å². The van der Waals surface area contributed by atoms with E-state index in [9.17, 15) is 46.0 Å². The third kappa shape index (κ3) is 5.02. The molecular formula is C17H30O14. The van der Waals surface area contributed by atoms with Gasteiger partial charge in [0.05, 0.1) is 19.3 Å². The molecule has 3 saturated heterocycles. The number of hydrogen-bond donors (Lipinski definition) is 9. The molecule has 0 aromatic heterocycles. The summed E-state index contributed by atoms with van der Waals surface area (Å²) in [6, 6.07) is 0. The Morgan fingerprint density at radius 3 is 1.97 bits per heavy atom. The van der Waals surface area contributed by atoms with Crippen molar-refractivity contribution >= 4 is 0 Å². The second-order valence-corrected chi connectivity index (χ2v) is 7.87. The Kier molecular flexibility index (Phi) is 8.21. The van der Waals surface area contributed by atoms with Gasteiger partial charge in [0.25, 0.3) is 0 Å². The average Bonchev–Trinajstić information content (AvgIpc) is 2.74. The van der Waals surface area contributed by atoms with Crippen LogP contribution in [0.25, 0.3) is 0 Å². The van der Waals surface area contributed by atoms with Crippen molar-refractivity contribution in [2.75, 3.05) is 13.2 Å². The van der Waals surface area contributed by atoms with Gasteiger partial charge < -0.3 is 69.6 Å². The third-order valence-corrected chi connectivity index (χ3v) is 5.68. The first-order valence-electron chi connectivity index (χ1n) is 9.85. The van der Waals surface area contributed by atoms with Crippen LogP contribution in [0.2, 0.25) is 0 Å². The van der Waals surface area contributed by atoms with Gasteiger partial charge in [0.1, 0.15) is 61.0 Å². The largest absolute Gasteiger partial charge is 0.394 e. The van der Waals surface area contributed by atoms with Crippen molar-refractivity contribution in [3.8, 4) is 0 Å². The van der Waals surface area contributed by atoms with Gasteiger partial charge in [0.15, 0.2) is 18.9 Å². The standard InChI is InChI=1S/C17H30O14/c1-4-14(31-17-12(24)9(21)7(19)5(2-18)29-17)10(22)13(25)16(28-4)30-6-3-27-15(26)11(23)8(6)20/h4-26H,2-3H2,1H3/t4-,5+,6+,7-,8+,9-,10-,11-,12+,13+,14-,15+,16-,17-/m0/s1. The highest BCUT2D eigenvalue weighted by molar-refractivity contribution is 4.94. The fourth-order valence-electron chi connectivity index (χ4n) is 3.71. The molecule has 0 aromatic rings. The zero-order chi connectivity index (χ0) is 23.0. The topological polar surface area (TPSA) is 228 Å². The highest BCUT2D eigenvalue weighted by Gasteiger charge is 2.51. The van der Waals surface area contributed by atoms with Crippen LogP contribution in [0.1, 0.15) is 6.92 Å². The molecule has 3 fully saturated rings. The predicted octanol–water partition coefficient (Wildman–Crippen LogP) is -5.91. The Morgan fingerprint density at radius 1 is 0.710 bits per heavy atom. The number of ether oxygens (including phenoxy) is 5. The number of hydrogen-bond acceptors (Lipinski definition) is 14. The molecule has 0 aliphatic carbocycles. The Morgan fingerprint density at radius 2 is 1.32 bits per heavy atom. The molecule has 0 amide bonds. The molecule has 0 radical (unpaired) electrons. The van der Waals surface area contributed by atoms with E-state index in [1.807, 2.05) is 0 Å². The normalized spacial score (nSPS) is 54.0. The lowest BCUT2D eigenvalue weighted by atomic mass is 9.97. The zero-order valence-corrected chi connectivity index (χ0v) is 16.6. The minimum absolute atomic E-state index is 0.318. The quantitative estimate of drug-likeness (QED) is 0.187. The van der Waals surface area contributed by atoms with Crippen LogP contribution in [-0.2, 0) is 23.7 Å². The summed E-state index contributed by atoms with van der Waals surface area (Å²) in [7, 11) is 0. The lowest BCUT2D eigenvalue weighted by Gasteiger charge is -2.46. The molecule has 31 heavy (non-hydrogen) atoms. The molecule has 3 rings (SSSR count). The summed E-state index contributed by atoms with van der Waals surface area (Å²) in [6.45, 7) is 0.461. The summed E-state index contributed by atoms with van der Waals surface area (Å²) >= 11 is 0. The first-order valence-corrected chi connectivity index (χ1v) is 9.85. The lowest BCUT2D eigenvalue weighted by Crippen LogP contribution is -2.64. The highest BCUT2D eigenvalue weighted by atomic mass is 16.7. The molecule has 182 valence electrons. The first-order chi connectivity index (χ1) is 14.6. The van der Waals surface area contributed by atoms with E-state index in [2.05, 4.69) is 0 Å². The Bertz CT molecular complexity index is 579. The zero-order valence-electron chi connectivity index (χ0n) is 16.6. The molecule has 0 spiro atoms. The fourth-order valence-corrected chi connectivity index (χ4v) is 3.71. The molecular weight excluding hydrogens is 428 g/mol. The second kappa shape index (κ2) is 10.1. The van der Waals surface area contributed by atoms with Gasteiger partial charge in [-0.3, -0.25) is 0 Å². The van der Waals surface area contributed by atoms with Crippen LogP contribution in [0.4, 0.5) is 0 Å². The van der Waals surface area contributed by atoms with Gasteiger partial charge >= 0.3 is 0 Å². The predicted molar refractivity (Wildman–Crippen MR) is 93.8 cm³/mol. The molecule has 0 unspecified atom stereocenters. The monoisotopic (exact) mass is 458 g/mol. The first kappa shape index (κ1) is 25.1. The van der Waals surface area contributed by atoms with Crippen LogP contribution < -0.4 is 0 Å². The molecule has 3 aliphatic rings. The minimum atomic E-state index is -1.72. The molecule has 0 aromatic carbocycles. The van der Waals surface area contributed by atoms with Crippen LogP contribution in [-0.4, -0.2) is 145 Å². The highest BCUT2D eigenvalue weighted by Crippen LogP contribution is 2.30. The average molecular weight is 458 g/mol.